The van der Waals surface area contributed by atoms with Gasteiger partial charge in [0, 0.05) is 19.8 Å². The Morgan fingerprint density at radius 2 is 1.69 bits per heavy atom. The van der Waals surface area contributed by atoms with Gasteiger partial charge in [0.15, 0.2) is 6.10 Å². The van der Waals surface area contributed by atoms with Gasteiger partial charge < -0.3 is 9.64 Å². The Hall–Kier alpha value is -2.87. The van der Waals surface area contributed by atoms with Crippen LogP contribution in [0.5, 0.6) is 0 Å². The van der Waals surface area contributed by atoms with Crippen LogP contribution in [0.25, 0.3) is 0 Å². The molecule has 1 N–H and O–H groups in total. The molecule has 0 unspecified atom stereocenters. The molecule has 0 bridgehead atoms. The van der Waals surface area contributed by atoms with E-state index in [1.54, 1.807) is 32.3 Å². The molecule has 0 aliphatic heterocycles. The number of carbonyl (C=O) groups is 2. The van der Waals surface area contributed by atoms with Crippen molar-refractivity contribution < 1.29 is 22.7 Å². The van der Waals surface area contributed by atoms with Crippen molar-refractivity contribution in [2.75, 3.05) is 18.8 Å². The maximum Gasteiger partial charge on any atom is 0.338 e. The van der Waals surface area contributed by atoms with Gasteiger partial charge in [-0.25, -0.2) is 13.2 Å². The maximum absolute atomic E-state index is 12.3. The highest BCUT2D eigenvalue weighted by molar-refractivity contribution is 7.92. The zero-order valence-electron chi connectivity index (χ0n) is 14.7. The standard InChI is InChI=1S/C18H20N2O5S/c1-13(17(21)20(2)3)25-18(22)14-8-7-9-15(12-14)19-26(23,24)16-10-5-4-6-11-16/h4-13,19H,1-3H3/t13-/m0/s1. The van der Waals surface area contributed by atoms with Gasteiger partial charge in [-0.2, -0.15) is 0 Å². The number of sulfonamides is 1. The van der Waals surface area contributed by atoms with Crippen molar-refractivity contribution in [2.24, 2.45) is 0 Å². The summed E-state index contributed by atoms with van der Waals surface area (Å²) < 4.78 is 32.2. The second kappa shape index (κ2) is 8.01. The van der Waals surface area contributed by atoms with E-state index in [0.29, 0.717) is 0 Å². The van der Waals surface area contributed by atoms with E-state index in [4.69, 9.17) is 4.74 Å². The number of ether oxygens (including phenoxy) is 1. The third kappa shape index (κ3) is 4.82. The van der Waals surface area contributed by atoms with E-state index in [2.05, 4.69) is 4.72 Å². The molecule has 0 radical (unpaired) electrons. The van der Waals surface area contributed by atoms with Gasteiger partial charge in [0.25, 0.3) is 15.9 Å². The number of hydrogen-bond donors (Lipinski definition) is 1. The van der Waals surface area contributed by atoms with Gasteiger partial charge in [-0.05, 0) is 37.3 Å². The zero-order chi connectivity index (χ0) is 19.3. The number of likely N-dealkylation sites (N-methyl/N-ethyl adjacent to an activating group) is 1. The number of esters is 1. The van der Waals surface area contributed by atoms with Crippen molar-refractivity contribution in [3.8, 4) is 0 Å². The topological polar surface area (TPSA) is 92.8 Å². The number of anilines is 1. The van der Waals surface area contributed by atoms with E-state index in [9.17, 15) is 18.0 Å². The summed E-state index contributed by atoms with van der Waals surface area (Å²) in [6.45, 7) is 1.47. The molecule has 1 atom stereocenters. The molecule has 0 aromatic heterocycles. The summed E-state index contributed by atoms with van der Waals surface area (Å²) in [4.78, 5) is 25.4. The molecule has 0 saturated heterocycles. The van der Waals surface area contributed by atoms with Gasteiger partial charge in [-0.1, -0.05) is 24.3 Å². The summed E-state index contributed by atoms with van der Waals surface area (Å²) in [6, 6.07) is 13.8. The number of carbonyl (C=O) groups excluding carboxylic acids is 2. The second-order valence-electron chi connectivity index (χ2n) is 5.78. The van der Waals surface area contributed by atoms with E-state index >= 15 is 0 Å². The average molecular weight is 376 g/mol. The Labute approximate surface area is 152 Å². The van der Waals surface area contributed by atoms with E-state index in [1.807, 2.05) is 0 Å². The van der Waals surface area contributed by atoms with Crippen molar-refractivity contribution in [3.63, 3.8) is 0 Å². The summed E-state index contributed by atoms with van der Waals surface area (Å²) in [5.74, 6) is -1.06. The fourth-order valence-electron chi connectivity index (χ4n) is 2.17. The summed E-state index contributed by atoms with van der Waals surface area (Å²) in [7, 11) is -0.644. The summed E-state index contributed by atoms with van der Waals surface area (Å²) in [5, 5.41) is 0. The lowest BCUT2D eigenvalue weighted by Gasteiger charge is -2.17. The van der Waals surface area contributed by atoms with Crippen LogP contribution in [-0.2, 0) is 19.6 Å². The molecule has 7 nitrogen and oxygen atoms in total. The van der Waals surface area contributed by atoms with Gasteiger partial charge >= 0.3 is 5.97 Å². The molecule has 0 aliphatic carbocycles. The molecule has 2 aromatic rings. The number of rotatable bonds is 6. The van der Waals surface area contributed by atoms with Crippen LogP contribution >= 0.6 is 0 Å². The molecule has 26 heavy (non-hydrogen) atoms. The number of nitrogens with zero attached hydrogens (tertiary/aromatic N) is 1. The van der Waals surface area contributed by atoms with Crippen LogP contribution in [0.4, 0.5) is 5.69 Å². The molecule has 1 amide bonds. The van der Waals surface area contributed by atoms with Gasteiger partial charge in [0.2, 0.25) is 0 Å². The monoisotopic (exact) mass is 376 g/mol. The third-order valence-corrected chi connectivity index (χ3v) is 4.87. The van der Waals surface area contributed by atoms with Gasteiger partial charge in [-0.15, -0.1) is 0 Å². The van der Waals surface area contributed by atoms with Crippen LogP contribution in [0.1, 0.15) is 17.3 Å². The van der Waals surface area contributed by atoms with E-state index in [0.717, 1.165) is 0 Å². The zero-order valence-corrected chi connectivity index (χ0v) is 15.5. The van der Waals surface area contributed by atoms with Crippen LogP contribution in [0, 0.1) is 0 Å². The summed E-state index contributed by atoms with van der Waals surface area (Å²) >= 11 is 0. The molecule has 0 fully saturated rings. The molecular formula is C18H20N2O5S. The van der Waals surface area contributed by atoms with Gasteiger partial charge in [-0.3, -0.25) is 9.52 Å². The average Bonchev–Trinajstić information content (AvgIpc) is 2.61. The first-order valence-electron chi connectivity index (χ1n) is 7.81. The van der Waals surface area contributed by atoms with Crippen molar-refractivity contribution in [2.45, 2.75) is 17.9 Å². The number of hydrogen-bond acceptors (Lipinski definition) is 5. The SMILES string of the molecule is C[C@H](OC(=O)c1cccc(NS(=O)(=O)c2ccccc2)c1)C(=O)N(C)C. The van der Waals surface area contributed by atoms with Crippen LogP contribution in [0.15, 0.2) is 59.5 Å². The Balaban J connectivity index is 2.15. The van der Waals surface area contributed by atoms with Crippen molar-refractivity contribution in [3.05, 3.63) is 60.2 Å². The van der Waals surface area contributed by atoms with Crippen molar-refractivity contribution >= 4 is 27.6 Å². The first-order chi connectivity index (χ1) is 12.2. The molecule has 0 saturated carbocycles. The van der Waals surface area contributed by atoms with E-state index in [-0.39, 0.29) is 22.1 Å². The molecule has 0 heterocycles. The Morgan fingerprint density at radius 3 is 2.31 bits per heavy atom. The summed E-state index contributed by atoms with van der Waals surface area (Å²) in [5.41, 5.74) is 0.353. The lowest BCUT2D eigenvalue weighted by molar-refractivity contribution is -0.137. The van der Waals surface area contributed by atoms with Crippen LogP contribution < -0.4 is 4.72 Å². The number of benzene rings is 2. The molecular weight excluding hydrogens is 356 g/mol. The van der Waals surface area contributed by atoms with Crippen LogP contribution in [0.3, 0.4) is 0 Å². The molecule has 0 aliphatic rings. The third-order valence-electron chi connectivity index (χ3n) is 3.48. The molecule has 2 aromatic carbocycles. The fourth-order valence-corrected chi connectivity index (χ4v) is 3.24. The van der Waals surface area contributed by atoms with Crippen molar-refractivity contribution in [1.82, 2.24) is 4.90 Å². The highest BCUT2D eigenvalue weighted by Gasteiger charge is 2.21. The molecule has 138 valence electrons. The first kappa shape index (κ1) is 19.5. The van der Waals surface area contributed by atoms with Crippen LogP contribution in [-0.4, -0.2) is 45.4 Å². The lowest BCUT2D eigenvalue weighted by atomic mass is 10.2. The predicted octanol–water partition coefficient (Wildman–Crippen LogP) is 2.12. The number of nitrogens with one attached hydrogen (secondary N) is 1. The number of amides is 1. The lowest BCUT2D eigenvalue weighted by Crippen LogP contribution is -2.34. The quantitative estimate of drug-likeness (QED) is 0.780. The Morgan fingerprint density at radius 1 is 1.04 bits per heavy atom. The van der Waals surface area contributed by atoms with Crippen LogP contribution in [0.2, 0.25) is 0 Å². The van der Waals surface area contributed by atoms with Crippen molar-refractivity contribution in [1.29, 1.82) is 0 Å². The fraction of sp³-hybridized carbons (Fsp3) is 0.222. The van der Waals surface area contributed by atoms with E-state index in [1.165, 1.54) is 48.2 Å². The molecule has 0 spiro atoms. The minimum absolute atomic E-state index is 0.109. The second-order valence-corrected chi connectivity index (χ2v) is 7.46. The molecule has 2 rings (SSSR count). The normalized spacial score (nSPS) is 12.1. The maximum atomic E-state index is 12.3. The minimum atomic E-state index is -3.77. The predicted molar refractivity (Wildman–Crippen MR) is 97.3 cm³/mol. The Bertz CT molecular complexity index is 895. The van der Waals surface area contributed by atoms with Gasteiger partial charge in [0.05, 0.1) is 10.5 Å². The Kier molecular flexibility index (Phi) is 5.99. The first-order valence-corrected chi connectivity index (χ1v) is 9.29. The largest absolute Gasteiger partial charge is 0.449 e. The minimum Gasteiger partial charge on any atom is -0.449 e. The van der Waals surface area contributed by atoms with Gasteiger partial charge in [0.1, 0.15) is 0 Å². The van der Waals surface area contributed by atoms with E-state index < -0.39 is 22.1 Å². The molecule has 8 heteroatoms. The highest BCUT2D eigenvalue weighted by Crippen LogP contribution is 2.18. The smallest absolute Gasteiger partial charge is 0.338 e. The summed E-state index contributed by atoms with van der Waals surface area (Å²) in [6.07, 6.45) is -0.942. The highest BCUT2D eigenvalue weighted by atomic mass is 32.2.